The van der Waals surface area contributed by atoms with Gasteiger partial charge in [0.15, 0.2) is 0 Å². The van der Waals surface area contributed by atoms with E-state index in [0.717, 1.165) is 25.1 Å². The largest absolute Gasteiger partial charge is 0.491 e. The van der Waals surface area contributed by atoms with Crippen LogP contribution in [0.3, 0.4) is 0 Å². The fourth-order valence-corrected chi connectivity index (χ4v) is 2.68. The Morgan fingerprint density at radius 2 is 2.26 bits per heavy atom. The number of hydrogen-bond donors (Lipinski definition) is 3. The number of hydrogen-bond acceptors (Lipinski definition) is 4. The van der Waals surface area contributed by atoms with Crippen molar-refractivity contribution in [2.45, 2.75) is 25.3 Å². The Morgan fingerprint density at radius 1 is 1.47 bits per heavy atom. The molecule has 2 aliphatic rings. The number of nitrogens with two attached hydrogens (primary N) is 1. The van der Waals surface area contributed by atoms with E-state index in [0.29, 0.717) is 18.9 Å². The summed E-state index contributed by atoms with van der Waals surface area (Å²) in [6, 6.07) is 8.37. The Labute approximate surface area is 112 Å². The molecule has 0 aromatic heterocycles. The summed E-state index contributed by atoms with van der Waals surface area (Å²) >= 11 is 0. The average Bonchev–Trinajstić information content (AvgIpc) is 3.07. The second-order valence-corrected chi connectivity index (χ2v) is 5.55. The molecule has 0 amide bonds. The van der Waals surface area contributed by atoms with Crippen molar-refractivity contribution in [3.8, 4) is 5.75 Å². The lowest BCUT2D eigenvalue weighted by Gasteiger charge is -2.18. The van der Waals surface area contributed by atoms with Crippen molar-refractivity contribution in [3.63, 3.8) is 0 Å². The van der Waals surface area contributed by atoms with Crippen molar-refractivity contribution in [3.05, 3.63) is 29.8 Å². The molecule has 0 spiro atoms. The van der Waals surface area contributed by atoms with Gasteiger partial charge in [-0.3, -0.25) is 0 Å². The van der Waals surface area contributed by atoms with E-state index in [4.69, 9.17) is 15.7 Å². The Bertz CT molecular complexity index is 497. The number of para-hydroxylation sites is 1. The first-order chi connectivity index (χ1) is 9.22. The van der Waals surface area contributed by atoms with Crippen molar-refractivity contribution in [2.75, 3.05) is 13.2 Å². The van der Waals surface area contributed by atoms with Gasteiger partial charge in [0.05, 0.1) is 6.04 Å². The van der Waals surface area contributed by atoms with Crippen LogP contribution in [0.5, 0.6) is 5.75 Å². The van der Waals surface area contributed by atoms with E-state index in [2.05, 4.69) is 16.5 Å². The van der Waals surface area contributed by atoms with Gasteiger partial charge in [0.25, 0.3) is 0 Å². The molecule has 0 radical (unpaired) electrons. The van der Waals surface area contributed by atoms with Crippen LogP contribution < -0.4 is 15.8 Å². The van der Waals surface area contributed by atoms with Gasteiger partial charge in [-0.05, 0) is 24.3 Å². The molecule has 0 bridgehead atoms. The third-order valence-electron chi connectivity index (χ3n) is 4.07. The van der Waals surface area contributed by atoms with Crippen molar-refractivity contribution < 1.29 is 9.94 Å². The smallest absolute Gasteiger partial charge is 0.139 e. The molecule has 1 unspecified atom stereocenters. The van der Waals surface area contributed by atoms with Crippen LogP contribution in [-0.4, -0.2) is 24.2 Å². The van der Waals surface area contributed by atoms with E-state index in [-0.39, 0.29) is 11.5 Å². The first kappa shape index (κ1) is 12.3. The van der Waals surface area contributed by atoms with Crippen LogP contribution in [0, 0.1) is 5.41 Å². The van der Waals surface area contributed by atoms with Crippen molar-refractivity contribution in [1.29, 1.82) is 0 Å². The lowest BCUT2D eigenvalue weighted by molar-refractivity contribution is 0.297. The van der Waals surface area contributed by atoms with E-state index in [9.17, 15) is 0 Å². The maximum Gasteiger partial charge on any atom is 0.139 e. The van der Waals surface area contributed by atoms with Gasteiger partial charge in [-0.25, -0.2) is 0 Å². The summed E-state index contributed by atoms with van der Waals surface area (Å²) in [6.45, 7) is 1.56. The molecule has 1 fully saturated rings. The Morgan fingerprint density at radius 3 is 3.00 bits per heavy atom. The van der Waals surface area contributed by atoms with Gasteiger partial charge in [0.2, 0.25) is 0 Å². The second-order valence-electron chi connectivity index (χ2n) is 5.55. The van der Waals surface area contributed by atoms with Crippen LogP contribution >= 0.6 is 0 Å². The van der Waals surface area contributed by atoms with Crippen LogP contribution in [0.1, 0.15) is 30.9 Å². The van der Waals surface area contributed by atoms with E-state index in [1.54, 1.807) is 0 Å². The number of rotatable bonds is 5. The molecular weight excluding hydrogens is 242 g/mol. The SMILES string of the molecule is NC(CC1(CNC2COc3ccccc32)CC1)=NO. The molecule has 5 nitrogen and oxygen atoms in total. The lowest BCUT2D eigenvalue weighted by Crippen LogP contribution is -2.31. The molecule has 1 aliphatic carbocycles. The Balaban J connectivity index is 1.59. The second kappa shape index (κ2) is 4.74. The zero-order chi connectivity index (χ0) is 13.3. The number of nitrogens with zero attached hydrogens (tertiary/aromatic N) is 1. The van der Waals surface area contributed by atoms with Gasteiger partial charge in [-0.2, -0.15) is 0 Å². The van der Waals surface area contributed by atoms with Crippen LogP contribution in [-0.2, 0) is 0 Å². The number of ether oxygens (including phenoxy) is 1. The highest BCUT2D eigenvalue weighted by Crippen LogP contribution is 2.48. The molecule has 1 aromatic carbocycles. The van der Waals surface area contributed by atoms with Gasteiger partial charge in [0.1, 0.15) is 18.2 Å². The minimum atomic E-state index is 0.174. The first-order valence-corrected chi connectivity index (χ1v) is 6.64. The highest BCUT2D eigenvalue weighted by atomic mass is 16.5. The molecule has 1 aliphatic heterocycles. The summed E-state index contributed by atoms with van der Waals surface area (Å²) in [4.78, 5) is 0. The highest BCUT2D eigenvalue weighted by molar-refractivity contribution is 5.80. The Kier molecular flexibility index (Phi) is 3.06. The summed E-state index contributed by atoms with van der Waals surface area (Å²) in [5.41, 5.74) is 7.01. The van der Waals surface area contributed by atoms with Gasteiger partial charge in [0, 0.05) is 18.5 Å². The molecule has 5 heteroatoms. The lowest BCUT2D eigenvalue weighted by atomic mass is 10.0. The van der Waals surface area contributed by atoms with E-state index in [1.165, 1.54) is 5.56 Å². The van der Waals surface area contributed by atoms with Crippen LogP contribution in [0.25, 0.3) is 0 Å². The molecule has 4 N–H and O–H groups in total. The quantitative estimate of drug-likeness (QED) is 0.326. The molecule has 102 valence electrons. The molecule has 1 aromatic rings. The molecule has 0 saturated heterocycles. The van der Waals surface area contributed by atoms with Crippen LogP contribution in [0.4, 0.5) is 0 Å². The van der Waals surface area contributed by atoms with E-state index in [1.807, 2.05) is 18.2 Å². The van der Waals surface area contributed by atoms with Gasteiger partial charge in [-0.15, -0.1) is 0 Å². The standard InChI is InChI=1S/C14H19N3O2/c15-13(17-18)7-14(5-6-14)9-16-11-8-19-12-4-2-1-3-10(11)12/h1-4,11,16,18H,5-9H2,(H2,15,17). The number of fused-ring (bicyclic) bond motifs is 1. The molecule has 1 atom stereocenters. The summed E-state index contributed by atoms with van der Waals surface area (Å²) in [5, 5.41) is 15.3. The van der Waals surface area contributed by atoms with Gasteiger partial charge >= 0.3 is 0 Å². The predicted molar refractivity (Wildman–Crippen MR) is 72.4 cm³/mol. The maximum atomic E-state index is 8.66. The summed E-state index contributed by atoms with van der Waals surface area (Å²) < 4.78 is 5.65. The monoisotopic (exact) mass is 261 g/mol. The minimum Gasteiger partial charge on any atom is -0.491 e. The zero-order valence-electron chi connectivity index (χ0n) is 10.8. The first-order valence-electron chi connectivity index (χ1n) is 6.64. The maximum absolute atomic E-state index is 8.66. The third kappa shape index (κ3) is 2.51. The molecular formula is C14H19N3O2. The normalized spacial score (nSPS) is 23.8. The minimum absolute atomic E-state index is 0.174. The Hall–Kier alpha value is -1.75. The van der Waals surface area contributed by atoms with Crippen molar-refractivity contribution >= 4 is 5.84 Å². The summed E-state index contributed by atoms with van der Waals surface area (Å²) in [6.07, 6.45) is 2.92. The fraction of sp³-hybridized carbons (Fsp3) is 0.500. The highest BCUT2D eigenvalue weighted by Gasteiger charge is 2.43. The van der Waals surface area contributed by atoms with Gasteiger partial charge < -0.3 is 21.0 Å². The molecule has 19 heavy (non-hydrogen) atoms. The number of amidine groups is 1. The number of benzene rings is 1. The van der Waals surface area contributed by atoms with Crippen molar-refractivity contribution in [2.24, 2.45) is 16.3 Å². The summed E-state index contributed by atoms with van der Waals surface area (Å²) in [5.74, 6) is 1.30. The molecule has 1 heterocycles. The topological polar surface area (TPSA) is 79.9 Å². The predicted octanol–water partition coefficient (Wildman–Crippen LogP) is 1.63. The van der Waals surface area contributed by atoms with E-state index < -0.39 is 0 Å². The fourth-order valence-electron chi connectivity index (χ4n) is 2.68. The molecule has 1 saturated carbocycles. The van der Waals surface area contributed by atoms with Crippen LogP contribution in [0.15, 0.2) is 29.4 Å². The van der Waals surface area contributed by atoms with Gasteiger partial charge in [-0.1, -0.05) is 23.4 Å². The third-order valence-corrected chi connectivity index (χ3v) is 4.07. The molecule has 3 rings (SSSR count). The summed E-state index contributed by atoms with van der Waals surface area (Å²) in [7, 11) is 0. The van der Waals surface area contributed by atoms with E-state index >= 15 is 0 Å². The number of oxime groups is 1. The number of nitrogens with one attached hydrogen (secondary N) is 1. The van der Waals surface area contributed by atoms with Crippen molar-refractivity contribution in [1.82, 2.24) is 5.32 Å². The zero-order valence-corrected chi connectivity index (χ0v) is 10.8. The van der Waals surface area contributed by atoms with Crippen LogP contribution in [0.2, 0.25) is 0 Å². The average molecular weight is 261 g/mol.